The molecule has 1 aromatic carbocycles. The second kappa shape index (κ2) is 9.59. The van der Waals surface area contributed by atoms with Crippen molar-refractivity contribution in [3.63, 3.8) is 0 Å². The average molecular weight is 437 g/mol. The molecule has 170 valence electrons. The number of nitrogens with zero attached hydrogens (tertiary/aromatic N) is 2. The molecule has 3 amide bonds. The fraction of sp³-hybridized carbons (Fsp3) is 0.480. The van der Waals surface area contributed by atoms with Gasteiger partial charge < -0.3 is 20.1 Å². The summed E-state index contributed by atoms with van der Waals surface area (Å²) in [6.45, 7) is 6.44. The van der Waals surface area contributed by atoms with Crippen molar-refractivity contribution in [1.82, 2.24) is 20.1 Å². The van der Waals surface area contributed by atoms with E-state index in [-0.39, 0.29) is 29.3 Å². The summed E-state index contributed by atoms with van der Waals surface area (Å²) in [5, 5.41) is 5.95. The molecule has 3 atom stereocenters. The zero-order chi connectivity index (χ0) is 22.7. The van der Waals surface area contributed by atoms with E-state index < -0.39 is 6.04 Å². The van der Waals surface area contributed by atoms with Gasteiger partial charge in [-0.25, -0.2) is 4.79 Å². The minimum Gasteiger partial charge on any atom is -0.354 e. The number of hydrogen-bond donors (Lipinski definition) is 2. The first-order valence-corrected chi connectivity index (χ1v) is 11.5. The largest absolute Gasteiger partial charge is 0.354 e. The van der Waals surface area contributed by atoms with Crippen molar-refractivity contribution < 1.29 is 9.59 Å². The number of benzene rings is 1. The van der Waals surface area contributed by atoms with E-state index in [0.29, 0.717) is 38.5 Å². The predicted octanol–water partition coefficient (Wildman–Crippen LogP) is 2.36. The maximum absolute atomic E-state index is 13.2. The second-order valence-corrected chi connectivity index (χ2v) is 9.43. The van der Waals surface area contributed by atoms with Gasteiger partial charge in [0.1, 0.15) is 6.04 Å². The van der Waals surface area contributed by atoms with E-state index in [4.69, 9.17) is 0 Å². The quantitative estimate of drug-likeness (QED) is 0.729. The minimum absolute atomic E-state index is 0.0276. The van der Waals surface area contributed by atoms with Crippen LogP contribution in [-0.2, 0) is 17.8 Å². The number of rotatable bonds is 6. The molecule has 2 aliphatic heterocycles. The topological polar surface area (TPSA) is 83.4 Å². The van der Waals surface area contributed by atoms with E-state index >= 15 is 0 Å². The number of pyridine rings is 1. The van der Waals surface area contributed by atoms with Gasteiger partial charge in [-0.2, -0.15) is 0 Å². The summed E-state index contributed by atoms with van der Waals surface area (Å²) in [6, 6.07) is 14.3. The number of likely N-dealkylation sites (tertiary alicyclic amines) is 1. The highest BCUT2D eigenvalue weighted by molar-refractivity contribution is 5.87. The Morgan fingerprint density at radius 3 is 2.56 bits per heavy atom. The maximum Gasteiger partial charge on any atom is 0.318 e. The summed E-state index contributed by atoms with van der Waals surface area (Å²) >= 11 is 0. The number of nitrogens with one attached hydrogen (secondary N) is 2. The van der Waals surface area contributed by atoms with Gasteiger partial charge in [-0.3, -0.25) is 9.59 Å². The van der Waals surface area contributed by atoms with Crippen LogP contribution < -0.4 is 16.2 Å². The lowest BCUT2D eigenvalue weighted by molar-refractivity contribution is -0.123. The highest BCUT2D eigenvalue weighted by atomic mass is 16.2. The van der Waals surface area contributed by atoms with Crippen LogP contribution in [0, 0.1) is 11.8 Å². The Morgan fingerprint density at radius 2 is 1.81 bits per heavy atom. The Kier molecular flexibility index (Phi) is 6.63. The first kappa shape index (κ1) is 22.1. The maximum atomic E-state index is 13.2. The molecule has 7 nitrogen and oxygen atoms in total. The molecular formula is C25H32N4O3. The van der Waals surface area contributed by atoms with Crippen molar-refractivity contribution in [2.45, 2.75) is 45.2 Å². The molecule has 0 spiro atoms. The lowest BCUT2D eigenvalue weighted by atomic mass is 9.83. The van der Waals surface area contributed by atoms with Crippen molar-refractivity contribution in [2.75, 3.05) is 19.6 Å². The third kappa shape index (κ3) is 5.03. The van der Waals surface area contributed by atoms with Crippen molar-refractivity contribution >= 4 is 11.9 Å². The molecule has 2 aromatic rings. The van der Waals surface area contributed by atoms with Crippen molar-refractivity contribution in [3.8, 4) is 0 Å². The Morgan fingerprint density at radius 1 is 1.03 bits per heavy atom. The normalized spacial score (nSPS) is 20.4. The molecule has 2 aliphatic rings. The summed E-state index contributed by atoms with van der Waals surface area (Å²) in [7, 11) is 0. The number of piperidine rings is 1. The van der Waals surface area contributed by atoms with Gasteiger partial charge in [0.05, 0.1) is 0 Å². The summed E-state index contributed by atoms with van der Waals surface area (Å²) in [5.74, 6) is 0.556. The highest BCUT2D eigenvalue weighted by Crippen LogP contribution is 2.34. The van der Waals surface area contributed by atoms with Crippen molar-refractivity contribution in [1.29, 1.82) is 0 Å². The Balaban J connectivity index is 1.47. The molecule has 0 unspecified atom stereocenters. The van der Waals surface area contributed by atoms with E-state index in [0.717, 1.165) is 17.7 Å². The zero-order valence-electron chi connectivity index (χ0n) is 18.8. The van der Waals surface area contributed by atoms with Crippen LogP contribution in [0.2, 0.25) is 0 Å². The fourth-order valence-electron chi connectivity index (χ4n) is 4.79. The van der Waals surface area contributed by atoms with Crippen LogP contribution in [0.3, 0.4) is 0 Å². The van der Waals surface area contributed by atoms with Crippen LogP contribution in [0.4, 0.5) is 4.79 Å². The Labute approximate surface area is 188 Å². The fourth-order valence-corrected chi connectivity index (χ4v) is 4.79. The number of carbonyl (C=O) groups excluding carboxylic acids is 2. The number of hydrogen-bond acceptors (Lipinski definition) is 3. The molecule has 2 N–H and O–H groups in total. The molecule has 1 fully saturated rings. The van der Waals surface area contributed by atoms with Gasteiger partial charge in [-0.05, 0) is 29.9 Å². The molecular weight excluding hydrogens is 404 g/mol. The Bertz CT molecular complexity index is 1020. The zero-order valence-corrected chi connectivity index (χ0v) is 18.8. The molecule has 32 heavy (non-hydrogen) atoms. The first-order valence-electron chi connectivity index (χ1n) is 11.5. The molecule has 0 aliphatic carbocycles. The molecule has 0 saturated carbocycles. The van der Waals surface area contributed by atoms with Crippen LogP contribution in [0.1, 0.15) is 37.4 Å². The van der Waals surface area contributed by atoms with Crippen LogP contribution in [0.15, 0.2) is 53.3 Å². The Hall–Kier alpha value is -3.09. The van der Waals surface area contributed by atoms with Gasteiger partial charge in [0.15, 0.2) is 0 Å². The third-order valence-electron chi connectivity index (χ3n) is 6.35. The molecule has 7 heteroatoms. The van der Waals surface area contributed by atoms with E-state index in [1.165, 1.54) is 0 Å². The SMILES string of the molecule is CC(C)CNC(=O)[C@H](Cc1ccccc1)NC(=O)N1C[C@@H]2C[C@@H](C1)c1cccc(=O)n1C2. The summed E-state index contributed by atoms with van der Waals surface area (Å²) in [5.41, 5.74) is 2.03. The lowest BCUT2D eigenvalue weighted by Gasteiger charge is -2.43. The summed E-state index contributed by atoms with van der Waals surface area (Å²) in [6.07, 6.45) is 1.42. The number of fused-ring (bicyclic) bond motifs is 4. The molecule has 0 radical (unpaired) electrons. The number of amides is 3. The van der Waals surface area contributed by atoms with Crippen LogP contribution >= 0.6 is 0 Å². The van der Waals surface area contributed by atoms with Gasteiger partial charge in [-0.1, -0.05) is 50.2 Å². The standard InChI is InChI=1S/C25H32N4O3/c1-17(2)13-26-24(31)21(12-18-7-4-3-5-8-18)27-25(32)28-14-19-11-20(16-28)22-9-6-10-23(30)29(22)15-19/h3-10,17,19-21H,11-16H2,1-2H3,(H,26,31)(H,27,32)/t19-,20-,21-/m0/s1. The van der Waals surface area contributed by atoms with Crippen molar-refractivity contribution in [2.24, 2.45) is 11.8 Å². The highest BCUT2D eigenvalue weighted by Gasteiger charge is 2.37. The third-order valence-corrected chi connectivity index (χ3v) is 6.35. The monoisotopic (exact) mass is 436 g/mol. The molecule has 2 bridgehead atoms. The molecule has 1 saturated heterocycles. The molecule has 4 rings (SSSR count). The van der Waals surface area contributed by atoms with E-state index in [1.54, 1.807) is 12.1 Å². The van der Waals surface area contributed by atoms with E-state index in [9.17, 15) is 14.4 Å². The number of aromatic nitrogens is 1. The van der Waals surface area contributed by atoms with Gasteiger partial charge in [0.2, 0.25) is 5.91 Å². The second-order valence-electron chi connectivity index (χ2n) is 9.43. The van der Waals surface area contributed by atoms with Crippen LogP contribution in [0.25, 0.3) is 0 Å². The smallest absolute Gasteiger partial charge is 0.318 e. The summed E-state index contributed by atoms with van der Waals surface area (Å²) < 4.78 is 1.85. The van der Waals surface area contributed by atoms with Gasteiger partial charge in [0.25, 0.3) is 5.56 Å². The first-order chi connectivity index (χ1) is 15.4. The average Bonchev–Trinajstić information content (AvgIpc) is 2.78. The summed E-state index contributed by atoms with van der Waals surface area (Å²) in [4.78, 5) is 40.2. The molecule has 3 heterocycles. The van der Waals surface area contributed by atoms with Crippen molar-refractivity contribution in [3.05, 3.63) is 70.1 Å². The lowest BCUT2D eigenvalue weighted by Crippen LogP contribution is -2.56. The van der Waals surface area contributed by atoms with E-state index in [1.807, 2.05) is 59.7 Å². The van der Waals surface area contributed by atoms with Gasteiger partial charge in [0, 0.05) is 50.3 Å². The number of carbonyl (C=O) groups is 2. The van der Waals surface area contributed by atoms with Gasteiger partial charge >= 0.3 is 6.03 Å². The van der Waals surface area contributed by atoms with Crippen LogP contribution in [0.5, 0.6) is 0 Å². The van der Waals surface area contributed by atoms with Gasteiger partial charge in [-0.15, -0.1) is 0 Å². The molecule has 1 aromatic heterocycles. The predicted molar refractivity (Wildman–Crippen MR) is 123 cm³/mol. The number of urea groups is 1. The van der Waals surface area contributed by atoms with Crippen LogP contribution in [-0.4, -0.2) is 47.1 Å². The van der Waals surface area contributed by atoms with E-state index in [2.05, 4.69) is 10.6 Å². The minimum atomic E-state index is -0.639.